The van der Waals surface area contributed by atoms with Crippen molar-refractivity contribution >= 4 is 17.8 Å². The highest BCUT2D eigenvalue weighted by atomic mass is 16.8. The molecule has 36 heteroatoms. The number of hydrogen-bond donors (Lipinski definition) is 19. The molecule has 462 valence electrons. The van der Waals surface area contributed by atoms with E-state index in [9.17, 15) is 111 Å². The summed E-state index contributed by atoms with van der Waals surface area (Å²) >= 11 is 0. The second-order valence-electron chi connectivity index (χ2n) is 19.8. The average Bonchev–Trinajstić information content (AvgIpc) is 3.90. The molecule has 2 amide bonds. The van der Waals surface area contributed by atoms with Crippen molar-refractivity contribution in [3.8, 4) is 0 Å². The number of rotatable bonds is 22. The average molecular weight is 1170 g/mol. The summed E-state index contributed by atoms with van der Waals surface area (Å²) in [6.07, 6.45) is -61.6. The summed E-state index contributed by atoms with van der Waals surface area (Å²) in [5.41, 5.74) is 0. The Balaban J connectivity index is 1.11. The molecule has 0 aromatic carbocycles. The fraction of sp³-hybridized carbons (Fsp3) is 0.932. The molecule has 19 N–H and O–H groups in total. The summed E-state index contributed by atoms with van der Waals surface area (Å²) in [5.74, 6) is -2.48. The molecular weight excluding hydrogens is 1100 g/mol. The normalized spacial score (nSPS) is 47.6. The van der Waals surface area contributed by atoms with Crippen LogP contribution in [-0.2, 0) is 76.1 Å². The third kappa shape index (κ3) is 13.9. The van der Waals surface area contributed by atoms with Gasteiger partial charge in [-0.2, -0.15) is 0 Å². The highest BCUT2D eigenvalue weighted by Gasteiger charge is 2.58. The first kappa shape index (κ1) is 64.9. The first-order valence-corrected chi connectivity index (χ1v) is 25.4. The fourth-order valence-electron chi connectivity index (χ4n) is 9.77. The Kier molecular flexibility index (Phi) is 23.1. The minimum absolute atomic E-state index is 0.164. The first-order chi connectivity index (χ1) is 38.0. The van der Waals surface area contributed by atoms with Gasteiger partial charge in [-0.3, -0.25) is 9.59 Å². The van der Waals surface area contributed by atoms with Crippen molar-refractivity contribution in [2.24, 2.45) is 0 Å². The van der Waals surface area contributed by atoms with Crippen LogP contribution >= 0.6 is 0 Å². The number of ether oxygens (including phenoxy) is 12. The van der Waals surface area contributed by atoms with E-state index in [4.69, 9.17) is 61.7 Å². The largest absolute Gasteiger partial charge is 0.394 e. The first-order valence-electron chi connectivity index (χ1n) is 25.4. The summed E-state index contributed by atoms with van der Waals surface area (Å²) in [7, 11) is 0. The number of nitrogens with zero attached hydrogens (tertiary/aromatic N) is 1. The molecule has 7 saturated heterocycles. The van der Waals surface area contributed by atoms with Gasteiger partial charge in [-0.1, -0.05) is 0 Å². The molecule has 0 aromatic heterocycles. The Hall–Kier alpha value is -2.63. The van der Waals surface area contributed by atoms with Gasteiger partial charge in [0.15, 0.2) is 37.7 Å². The van der Waals surface area contributed by atoms with E-state index in [1.165, 1.54) is 0 Å². The smallest absolute Gasteiger partial charge is 0.333 e. The SMILES string of the molecule is O=C(CCCO[C@H]1OC(CO)[C@@H](O)[C@H](O)C1O[C@H]1OC(CO)[C@@H](O)[C@H](O)C1O[C@@H]1OC(CO)[C@@H](O)[C@H](O[C@H]2OC(CO)[C@@H](O)[C@H](O)C2O[C@H]2OC(CO)[C@@H](O)[C@H](O)C2O[C@@H]2OC(CO)[C@@H](O)[C@H](O)C2O)C1O)ON1C(=O)CCC1=O. The van der Waals surface area contributed by atoms with Crippen molar-refractivity contribution in [2.45, 2.75) is 210 Å². The van der Waals surface area contributed by atoms with Gasteiger partial charge in [-0.05, 0) is 6.42 Å². The Morgan fingerprint density at radius 1 is 0.375 bits per heavy atom. The molecule has 0 radical (unpaired) electrons. The molecule has 7 fully saturated rings. The molecule has 0 aliphatic carbocycles. The fourth-order valence-corrected chi connectivity index (χ4v) is 9.77. The van der Waals surface area contributed by atoms with Gasteiger partial charge < -0.3 is 159 Å². The number of aliphatic hydroxyl groups is 19. The second-order valence-corrected chi connectivity index (χ2v) is 19.8. The molecular formula is C44H71NO35. The van der Waals surface area contributed by atoms with Crippen molar-refractivity contribution in [2.75, 3.05) is 46.2 Å². The number of imide groups is 1. The van der Waals surface area contributed by atoms with Gasteiger partial charge in [0.2, 0.25) is 0 Å². The molecule has 0 bridgehead atoms. The summed E-state index contributed by atoms with van der Waals surface area (Å²) in [5, 5.41) is 205. The predicted molar refractivity (Wildman–Crippen MR) is 239 cm³/mol. The van der Waals surface area contributed by atoms with Gasteiger partial charge in [-0.15, -0.1) is 5.06 Å². The molecule has 80 heavy (non-hydrogen) atoms. The molecule has 7 aliphatic rings. The lowest BCUT2D eigenvalue weighted by Crippen LogP contribution is -2.69. The van der Waals surface area contributed by atoms with E-state index < -0.39 is 255 Å². The molecule has 30 atom stereocenters. The van der Waals surface area contributed by atoms with Crippen molar-refractivity contribution in [3.63, 3.8) is 0 Å². The number of hydrogen-bond acceptors (Lipinski definition) is 35. The summed E-state index contributed by atoms with van der Waals surface area (Å²) in [6.45, 7) is -6.49. The minimum atomic E-state index is -2.38. The monoisotopic (exact) mass is 1170 g/mol. The molecule has 7 aliphatic heterocycles. The van der Waals surface area contributed by atoms with E-state index in [0.717, 1.165) is 0 Å². The third-order valence-corrected chi connectivity index (χ3v) is 14.4. The van der Waals surface area contributed by atoms with Crippen LogP contribution < -0.4 is 0 Å². The molecule has 36 nitrogen and oxygen atoms in total. The van der Waals surface area contributed by atoms with Gasteiger partial charge in [0.1, 0.15) is 146 Å². The van der Waals surface area contributed by atoms with Crippen LogP contribution in [0.5, 0.6) is 0 Å². The van der Waals surface area contributed by atoms with Gasteiger partial charge >= 0.3 is 5.97 Å². The van der Waals surface area contributed by atoms with E-state index in [0.29, 0.717) is 5.06 Å². The quantitative estimate of drug-likeness (QED) is 0.0353. The third-order valence-electron chi connectivity index (χ3n) is 14.4. The van der Waals surface area contributed by atoms with Crippen LogP contribution in [0.3, 0.4) is 0 Å². The van der Waals surface area contributed by atoms with Crippen LogP contribution in [0.25, 0.3) is 0 Å². The Bertz CT molecular complexity index is 1970. The van der Waals surface area contributed by atoms with Crippen molar-refractivity contribution < 1.29 is 173 Å². The van der Waals surface area contributed by atoms with Crippen LogP contribution in [-0.4, -0.2) is 350 Å². The zero-order valence-electron chi connectivity index (χ0n) is 42.1. The van der Waals surface area contributed by atoms with E-state index in [-0.39, 0.29) is 19.3 Å². The standard InChI is InChI=1S/C44H71NO35/c46-6-12-21(55)27(61)32(66)39(69-12)76-36-29(63)23(57)16(10-50)74-44(36)79-38-31(65)25(59)14(8-48)72-42(38)75-34-26(60)17(11-51)70-40(33(34)67)77-37-30(64)24(58)15(9-49)73-43(37)78-35-28(62)22(56)13(7-47)71-41(35)68-5-1-2-20(54)80-45-18(52)3-4-19(45)53/h12-17,21-44,46-51,55-67H,1-11H2/t12?,13?,14?,15?,16?,17?,21-,22-,23-,24-,25-,26-,27+,28+,29+,30+,31+,32?,33?,34+,35?,36?,37?,38?,39+,40+,41+,42-,43-,44-/m1/s1. The number of carbonyl (C=O) groups is 3. The Morgan fingerprint density at radius 3 is 1.06 bits per heavy atom. The zero-order valence-corrected chi connectivity index (χ0v) is 42.1. The Labute approximate surface area is 451 Å². The second kappa shape index (κ2) is 28.5. The van der Waals surface area contributed by atoms with Crippen LogP contribution in [0.2, 0.25) is 0 Å². The van der Waals surface area contributed by atoms with Gasteiger partial charge in [0.05, 0.1) is 52.7 Å². The Morgan fingerprint density at radius 2 is 0.675 bits per heavy atom. The molecule has 12 unspecified atom stereocenters. The maximum Gasteiger partial charge on any atom is 0.333 e. The molecule has 7 rings (SSSR count). The topological polar surface area (TPSA) is 559 Å². The lowest BCUT2D eigenvalue weighted by atomic mass is 9.95. The lowest BCUT2D eigenvalue weighted by molar-refractivity contribution is -0.412. The van der Waals surface area contributed by atoms with Crippen molar-refractivity contribution in [1.29, 1.82) is 0 Å². The number of amides is 2. The van der Waals surface area contributed by atoms with Crippen molar-refractivity contribution in [1.82, 2.24) is 5.06 Å². The maximum atomic E-state index is 12.4. The summed E-state index contributed by atoms with van der Waals surface area (Å²) < 4.78 is 68.9. The predicted octanol–water partition coefficient (Wildman–Crippen LogP) is -13.7. The summed E-state index contributed by atoms with van der Waals surface area (Å²) in [4.78, 5) is 41.0. The van der Waals surface area contributed by atoms with Gasteiger partial charge in [-0.25, -0.2) is 4.79 Å². The number of aliphatic hydroxyl groups excluding tert-OH is 19. The molecule has 0 saturated carbocycles. The van der Waals surface area contributed by atoms with Crippen LogP contribution in [0.4, 0.5) is 0 Å². The molecule has 0 aromatic rings. The minimum Gasteiger partial charge on any atom is -0.394 e. The van der Waals surface area contributed by atoms with E-state index in [2.05, 4.69) is 0 Å². The van der Waals surface area contributed by atoms with Crippen LogP contribution in [0.15, 0.2) is 0 Å². The van der Waals surface area contributed by atoms with Crippen LogP contribution in [0.1, 0.15) is 25.7 Å². The van der Waals surface area contributed by atoms with E-state index in [1.807, 2.05) is 0 Å². The lowest BCUT2D eigenvalue weighted by Gasteiger charge is -2.50. The molecule has 7 heterocycles. The van der Waals surface area contributed by atoms with Gasteiger partial charge in [0, 0.05) is 12.8 Å². The van der Waals surface area contributed by atoms with E-state index in [1.54, 1.807) is 0 Å². The van der Waals surface area contributed by atoms with Crippen LogP contribution in [0, 0.1) is 0 Å². The molecule has 0 spiro atoms. The maximum absolute atomic E-state index is 12.4. The van der Waals surface area contributed by atoms with Gasteiger partial charge in [0.25, 0.3) is 11.8 Å². The summed E-state index contributed by atoms with van der Waals surface area (Å²) in [6, 6.07) is 0. The van der Waals surface area contributed by atoms with Crippen molar-refractivity contribution in [3.05, 3.63) is 0 Å². The number of hydroxylamine groups is 2. The highest BCUT2D eigenvalue weighted by Crippen LogP contribution is 2.38. The highest BCUT2D eigenvalue weighted by molar-refractivity contribution is 6.01. The van der Waals surface area contributed by atoms with E-state index >= 15 is 0 Å². The zero-order chi connectivity index (χ0) is 58.6. The number of carbonyl (C=O) groups excluding carboxylic acids is 3.